The first-order valence-corrected chi connectivity index (χ1v) is 2.69. The Kier molecular flexibility index (Phi) is 3.81. The van der Waals surface area contributed by atoms with Crippen molar-refractivity contribution in [1.82, 2.24) is 0 Å². The maximum absolute atomic E-state index is 10.1. The molecule has 42 valence electrons. The van der Waals surface area contributed by atoms with E-state index < -0.39 is 0 Å². The van der Waals surface area contributed by atoms with E-state index in [1.807, 2.05) is 0 Å². The average Bonchev–Trinajstić information content (AvgIpc) is 1.68. The molecule has 0 aromatic carbocycles. The lowest BCUT2D eigenvalue weighted by molar-refractivity contribution is -0.356. The van der Waals surface area contributed by atoms with Crippen LogP contribution in [0.15, 0.2) is 11.8 Å². The van der Waals surface area contributed by atoms with Gasteiger partial charge < -0.3 is 9.84 Å². The lowest BCUT2D eigenvalue weighted by atomic mass is 10.8. The fourth-order valence-electron chi connectivity index (χ4n) is 0.190. The van der Waals surface area contributed by atoms with Crippen LogP contribution >= 0.6 is 9.24 Å². The normalized spacial score (nSPS) is 11.4. The van der Waals surface area contributed by atoms with Crippen molar-refractivity contribution in [3.8, 4) is 0 Å². The van der Waals surface area contributed by atoms with E-state index in [4.69, 9.17) is 0 Å². The third kappa shape index (κ3) is 3.60. The second kappa shape index (κ2) is 3.94. The molecule has 0 heterocycles. The molecule has 0 aliphatic heterocycles. The number of ether oxygens (including phenoxy) is 1. The quantitative estimate of drug-likeness (QED) is 0.380. The van der Waals surface area contributed by atoms with Gasteiger partial charge in [0.05, 0.1) is 5.95 Å². The van der Waals surface area contributed by atoms with Crippen molar-refractivity contribution in [1.29, 1.82) is 0 Å². The van der Waals surface area contributed by atoms with Crippen molar-refractivity contribution < 1.29 is 9.84 Å². The molecule has 0 amide bonds. The first-order chi connectivity index (χ1) is 3.31. The summed E-state index contributed by atoms with van der Waals surface area (Å²) in [6.07, 6.45) is 0. The van der Waals surface area contributed by atoms with E-state index in [0.717, 1.165) is 0 Å². The molecule has 0 saturated carbocycles. The molecule has 0 saturated heterocycles. The fourth-order valence-corrected chi connectivity index (χ4v) is 0.287. The largest absolute Gasteiger partial charge is 0.614 e. The van der Waals surface area contributed by atoms with E-state index >= 15 is 0 Å². The SMILES string of the molecule is CCO/C([O-])=C\P. The van der Waals surface area contributed by atoms with Gasteiger partial charge in [-0.3, -0.25) is 0 Å². The Balaban J connectivity index is 3.17. The molecule has 0 rings (SSSR count). The number of hydrogen-bond donors (Lipinski definition) is 0. The van der Waals surface area contributed by atoms with Gasteiger partial charge in [0, 0.05) is 0 Å². The minimum absolute atomic E-state index is 0.285. The zero-order valence-electron chi connectivity index (χ0n) is 4.18. The van der Waals surface area contributed by atoms with Crippen LogP contribution < -0.4 is 5.11 Å². The third-order valence-electron chi connectivity index (χ3n) is 0.423. The van der Waals surface area contributed by atoms with Crippen molar-refractivity contribution in [2.45, 2.75) is 6.92 Å². The predicted molar refractivity (Wildman–Crippen MR) is 29.4 cm³/mol. The Morgan fingerprint density at radius 1 is 2.00 bits per heavy atom. The van der Waals surface area contributed by atoms with Gasteiger partial charge >= 0.3 is 0 Å². The van der Waals surface area contributed by atoms with Crippen LogP contribution in [0, 0.1) is 0 Å². The van der Waals surface area contributed by atoms with Crippen LogP contribution in [0.4, 0.5) is 0 Å². The fraction of sp³-hybridized carbons (Fsp3) is 0.500. The van der Waals surface area contributed by atoms with Crippen molar-refractivity contribution >= 4 is 9.24 Å². The van der Waals surface area contributed by atoms with Crippen LogP contribution in [0.25, 0.3) is 0 Å². The highest BCUT2D eigenvalue weighted by Crippen LogP contribution is 1.90. The number of hydrogen-bond acceptors (Lipinski definition) is 2. The van der Waals surface area contributed by atoms with Crippen molar-refractivity contribution in [2.24, 2.45) is 0 Å². The van der Waals surface area contributed by atoms with Gasteiger partial charge in [0.1, 0.15) is 0 Å². The molecule has 0 bridgehead atoms. The molecular weight excluding hydrogens is 111 g/mol. The smallest absolute Gasteiger partial charge is 0.0512 e. The molecule has 1 atom stereocenters. The van der Waals surface area contributed by atoms with Gasteiger partial charge in [0.25, 0.3) is 0 Å². The highest BCUT2D eigenvalue weighted by Gasteiger charge is 1.67. The highest BCUT2D eigenvalue weighted by molar-refractivity contribution is 7.20. The van der Waals surface area contributed by atoms with E-state index in [9.17, 15) is 5.11 Å². The summed E-state index contributed by atoms with van der Waals surface area (Å²) in [6, 6.07) is 0. The summed E-state index contributed by atoms with van der Waals surface area (Å²) in [6.45, 7) is 2.22. The van der Waals surface area contributed by atoms with Crippen LogP contribution in [-0.2, 0) is 4.74 Å². The van der Waals surface area contributed by atoms with Gasteiger partial charge in [-0.05, 0) is 12.4 Å². The van der Waals surface area contributed by atoms with Crippen LogP contribution in [0.3, 0.4) is 0 Å². The average molecular weight is 119 g/mol. The topological polar surface area (TPSA) is 32.3 Å². The lowest BCUT2D eigenvalue weighted by Gasteiger charge is -2.09. The molecule has 0 aromatic heterocycles. The molecule has 0 aliphatic carbocycles. The maximum atomic E-state index is 10.1. The van der Waals surface area contributed by atoms with E-state index in [0.29, 0.717) is 6.61 Å². The summed E-state index contributed by atoms with van der Waals surface area (Å²) in [5.41, 5.74) is 0. The summed E-state index contributed by atoms with van der Waals surface area (Å²) in [4.78, 5) is 0. The molecule has 2 nitrogen and oxygen atoms in total. The van der Waals surface area contributed by atoms with Gasteiger partial charge in [-0.2, -0.15) is 0 Å². The van der Waals surface area contributed by atoms with E-state index in [1.54, 1.807) is 6.92 Å². The third-order valence-corrected chi connectivity index (χ3v) is 0.695. The van der Waals surface area contributed by atoms with Gasteiger partial charge in [0.2, 0.25) is 0 Å². The minimum Gasteiger partial charge on any atom is -0.614 e. The number of rotatable bonds is 2. The Morgan fingerprint density at radius 3 is 2.71 bits per heavy atom. The highest BCUT2D eigenvalue weighted by atomic mass is 31.0. The summed E-state index contributed by atoms with van der Waals surface area (Å²) in [7, 11) is 2.17. The molecule has 0 N–H and O–H groups in total. The van der Waals surface area contributed by atoms with Crippen molar-refractivity contribution in [2.75, 3.05) is 6.61 Å². The first-order valence-electron chi connectivity index (χ1n) is 2.03. The van der Waals surface area contributed by atoms with E-state index in [1.165, 1.54) is 5.82 Å². The minimum atomic E-state index is -0.285. The van der Waals surface area contributed by atoms with Crippen LogP contribution in [0.2, 0.25) is 0 Å². The van der Waals surface area contributed by atoms with Gasteiger partial charge in [-0.25, -0.2) is 0 Å². The van der Waals surface area contributed by atoms with E-state index in [-0.39, 0.29) is 5.95 Å². The second-order valence-electron chi connectivity index (χ2n) is 0.919. The molecule has 0 radical (unpaired) electrons. The zero-order chi connectivity index (χ0) is 5.70. The Labute approximate surface area is 45.4 Å². The summed E-state index contributed by atoms with van der Waals surface area (Å²) < 4.78 is 4.48. The maximum Gasteiger partial charge on any atom is 0.0512 e. The van der Waals surface area contributed by atoms with Gasteiger partial charge in [0.15, 0.2) is 0 Å². The predicted octanol–water partition coefficient (Wildman–Crippen LogP) is 0.0572. The summed E-state index contributed by atoms with van der Waals surface area (Å²) in [5.74, 6) is 1.02. The summed E-state index contributed by atoms with van der Waals surface area (Å²) in [5, 5.41) is 10.1. The molecule has 3 heteroatoms. The Hall–Kier alpha value is -0.230. The van der Waals surface area contributed by atoms with Crippen LogP contribution in [0.1, 0.15) is 6.92 Å². The molecule has 0 spiro atoms. The van der Waals surface area contributed by atoms with E-state index in [2.05, 4.69) is 14.0 Å². The first kappa shape index (κ1) is 6.77. The summed E-state index contributed by atoms with van der Waals surface area (Å²) >= 11 is 0. The molecule has 1 unspecified atom stereocenters. The van der Waals surface area contributed by atoms with Crippen molar-refractivity contribution in [3.63, 3.8) is 0 Å². The molecule has 0 fully saturated rings. The van der Waals surface area contributed by atoms with Crippen LogP contribution in [-0.4, -0.2) is 6.61 Å². The molecule has 0 aliphatic rings. The van der Waals surface area contributed by atoms with Gasteiger partial charge in [-0.15, -0.1) is 9.24 Å². The van der Waals surface area contributed by atoms with Gasteiger partial charge in [-0.1, -0.05) is 6.92 Å². The monoisotopic (exact) mass is 119 g/mol. The molecular formula is C4H8O2P-. The lowest BCUT2D eigenvalue weighted by Crippen LogP contribution is -2.05. The molecule has 0 aromatic rings. The Bertz CT molecular complexity index is 70.1. The second-order valence-corrected chi connectivity index (χ2v) is 1.25. The molecule has 7 heavy (non-hydrogen) atoms. The Morgan fingerprint density at radius 2 is 2.57 bits per heavy atom. The standard InChI is InChI=1S/C4H9O2P/c1-2-6-4(5)3-7/h3,5H,2,7H2,1H3/p-1/b4-3-. The van der Waals surface area contributed by atoms with Crippen molar-refractivity contribution in [3.05, 3.63) is 11.8 Å². The van der Waals surface area contributed by atoms with Crippen LogP contribution in [0.5, 0.6) is 0 Å². The zero-order valence-corrected chi connectivity index (χ0v) is 5.33.